The molecular formula is C29H31N3O3. The number of likely N-dealkylation sites (tertiary alicyclic amines) is 1. The van der Waals surface area contributed by atoms with E-state index < -0.39 is 6.10 Å². The van der Waals surface area contributed by atoms with Crippen LogP contribution in [0.3, 0.4) is 0 Å². The van der Waals surface area contributed by atoms with Crippen LogP contribution in [0.15, 0.2) is 72.8 Å². The predicted octanol–water partition coefficient (Wildman–Crippen LogP) is 4.61. The van der Waals surface area contributed by atoms with Crippen molar-refractivity contribution in [1.29, 1.82) is 0 Å². The lowest BCUT2D eigenvalue weighted by atomic mass is 10.1. The van der Waals surface area contributed by atoms with Gasteiger partial charge in [0.05, 0.1) is 17.6 Å². The summed E-state index contributed by atoms with van der Waals surface area (Å²) in [5, 5.41) is 10.9. The van der Waals surface area contributed by atoms with Gasteiger partial charge in [0.1, 0.15) is 24.3 Å². The minimum absolute atomic E-state index is 0.0218. The van der Waals surface area contributed by atoms with Crippen LogP contribution in [0, 0.1) is 13.8 Å². The molecule has 5 rings (SSSR count). The number of hydrogen-bond acceptors (Lipinski definition) is 4. The fourth-order valence-electron chi connectivity index (χ4n) is 4.76. The number of carbonyl (C=O) groups excluding carboxylic acids is 1. The number of hydrogen-bond donors (Lipinski definition) is 1. The van der Waals surface area contributed by atoms with Gasteiger partial charge in [0.2, 0.25) is 5.91 Å². The number of aryl methyl sites for hydroxylation is 2. The highest BCUT2D eigenvalue weighted by Crippen LogP contribution is 2.31. The number of aromatic nitrogens is 2. The van der Waals surface area contributed by atoms with Gasteiger partial charge in [-0.15, -0.1) is 0 Å². The van der Waals surface area contributed by atoms with Crippen molar-refractivity contribution in [1.82, 2.24) is 14.5 Å². The summed E-state index contributed by atoms with van der Waals surface area (Å²) < 4.78 is 7.95. The van der Waals surface area contributed by atoms with Gasteiger partial charge >= 0.3 is 0 Å². The third-order valence-electron chi connectivity index (χ3n) is 6.79. The van der Waals surface area contributed by atoms with E-state index in [-0.39, 0.29) is 18.4 Å². The van der Waals surface area contributed by atoms with E-state index in [1.165, 1.54) is 5.56 Å². The van der Waals surface area contributed by atoms with Crippen molar-refractivity contribution in [2.45, 2.75) is 45.4 Å². The minimum atomic E-state index is -0.717. The second-order valence-corrected chi connectivity index (χ2v) is 9.44. The van der Waals surface area contributed by atoms with Crippen LogP contribution in [0.2, 0.25) is 0 Å². The second-order valence-electron chi connectivity index (χ2n) is 9.44. The first kappa shape index (κ1) is 23.1. The van der Waals surface area contributed by atoms with Crippen molar-refractivity contribution in [3.63, 3.8) is 0 Å². The molecule has 0 aliphatic carbocycles. The van der Waals surface area contributed by atoms with Gasteiger partial charge in [0, 0.05) is 25.4 Å². The normalized spacial score (nSPS) is 16.7. The third-order valence-corrected chi connectivity index (χ3v) is 6.79. The Morgan fingerprint density at radius 2 is 1.80 bits per heavy atom. The maximum absolute atomic E-state index is 12.8. The van der Waals surface area contributed by atoms with Crippen LogP contribution in [-0.2, 0) is 17.9 Å². The van der Waals surface area contributed by atoms with Crippen molar-refractivity contribution >= 4 is 16.9 Å². The molecule has 1 aliphatic rings. The van der Waals surface area contributed by atoms with Gasteiger partial charge < -0.3 is 19.3 Å². The number of ether oxygens (including phenoxy) is 1. The molecule has 1 N–H and O–H groups in total. The van der Waals surface area contributed by atoms with Gasteiger partial charge in [-0.05, 0) is 54.8 Å². The molecule has 0 radical (unpaired) electrons. The lowest BCUT2D eigenvalue weighted by Crippen LogP contribution is -2.26. The van der Waals surface area contributed by atoms with Crippen LogP contribution in [0.5, 0.6) is 5.75 Å². The zero-order valence-electron chi connectivity index (χ0n) is 20.2. The first-order valence-electron chi connectivity index (χ1n) is 12.1. The first-order chi connectivity index (χ1) is 17.0. The fourth-order valence-corrected chi connectivity index (χ4v) is 4.76. The van der Waals surface area contributed by atoms with Crippen molar-refractivity contribution in [2.24, 2.45) is 0 Å². The quantitative estimate of drug-likeness (QED) is 0.409. The molecule has 6 heteroatoms. The fraction of sp³-hybridized carbons (Fsp3) is 0.310. The lowest BCUT2D eigenvalue weighted by Gasteiger charge is -2.19. The van der Waals surface area contributed by atoms with E-state index in [0.717, 1.165) is 33.7 Å². The summed E-state index contributed by atoms with van der Waals surface area (Å²) in [6, 6.07) is 23.9. The molecule has 4 aromatic rings. The maximum Gasteiger partial charge on any atom is 0.223 e. The van der Waals surface area contributed by atoms with Crippen molar-refractivity contribution < 1.29 is 14.6 Å². The van der Waals surface area contributed by atoms with E-state index in [1.807, 2.05) is 84.6 Å². The number of benzene rings is 3. The highest BCUT2D eigenvalue weighted by atomic mass is 16.5. The molecule has 1 fully saturated rings. The summed E-state index contributed by atoms with van der Waals surface area (Å²) in [6.07, 6.45) is -0.295. The first-order valence-corrected chi connectivity index (χ1v) is 12.1. The molecule has 1 saturated heterocycles. The molecule has 0 bridgehead atoms. The summed E-state index contributed by atoms with van der Waals surface area (Å²) in [7, 11) is 0. The smallest absolute Gasteiger partial charge is 0.223 e. The maximum atomic E-state index is 12.8. The number of imidazole rings is 1. The highest BCUT2D eigenvalue weighted by Gasteiger charge is 2.34. The van der Waals surface area contributed by atoms with Crippen LogP contribution in [-0.4, -0.2) is 44.7 Å². The topological polar surface area (TPSA) is 67.6 Å². The Morgan fingerprint density at radius 3 is 2.60 bits per heavy atom. The molecule has 3 aromatic carbocycles. The number of amides is 1. The van der Waals surface area contributed by atoms with Gasteiger partial charge in [0.25, 0.3) is 0 Å². The number of rotatable bonds is 8. The molecule has 0 saturated carbocycles. The SMILES string of the molecule is Cc1ccc(OCC(O)Cn2c(C3CC(=O)N(Cc4ccccc4)C3)nc3ccccc32)cc1C. The number of para-hydroxylation sites is 2. The van der Waals surface area contributed by atoms with Crippen LogP contribution in [0.4, 0.5) is 0 Å². The summed E-state index contributed by atoms with van der Waals surface area (Å²) in [5.41, 5.74) is 5.32. The Kier molecular flexibility index (Phi) is 6.55. The molecule has 2 heterocycles. The van der Waals surface area contributed by atoms with Gasteiger partial charge in [0.15, 0.2) is 0 Å². The molecule has 1 aromatic heterocycles. The van der Waals surface area contributed by atoms with Crippen LogP contribution in [0.25, 0.3) is 11.0 Å². The van der Waals surface area contributed by atoms with E-state index in [2.05, 4.69) is 11.5 Å². The second kappa shape index (κ2) is 9.92. The zero-order chi connectivity index (χ0) is 24.4. The summed E-state index contributed by atoms with van der Waals surface area (Å²) >= 11 is 0. The Hall–Kier alpha value is -3.64. The van der Waals surface area contributed by atoms with Gasteiger partial charge in [-0.2, -0.15) is 0 Å². The lowest BCUT2D eigenvalue weighted by molar-refractivity contribution is -0.128. The largest absolute Gasteiger partial charge is 0.491 e. The van der Waals surface area contributed by atoms with E-state index in [1.54, 1.807) is 0 Å². The third kappa shape index (κ3) is 5.08. The summed E-state index contributed by atoms with van der Waals surface area (Å²) in [5.74, 6) is 1.71. The molecule has 1 aliphatic heterocycles. The van der Waals surface area contributed by atoms with Crippen molar-refractivity contribution in [2.75, 3.05) is 13.2 Å². The number of aliphatic hydroxyl groups excluding tert-OH is 1. The van der Waals surface area contributed by atoms with Gasteiger partial charge in [-0.1, -0.05) is 48.5 Å². The van der Waals surface area contributed by atoms with E-state index in [9.17, 15) is 9.90 Å². The number of aliphatic hydroxyl groups is 1. The van der Waals surface area contributed by atoms with Crippen LogP contribution in [0.1, 0.15) is 34.9 Å². The van der Waals surface area contributed by atoms with Gasteiger partial charge in [-0.3, -0.25) is 4.79 Å². The Labute approximate surface area is 205 Å². The molecule has 180 valence electrons. The molecular weight excluding hydrogens is 438 g/mol. The molecule has 35 heavy (non-hydrogen) atoms. The standard InChI is InChI=1S/C29H31N3O3/c1-20-12-13-25(14-21(20)2)35-19-24(33)18-32-27-11-7-6-10-26(27)30-29(32)23-15-28(34)31(17-23)16-22-8-4-3-5-9-22/h3-14,23-24,33H,15-19H2,1-2H3. The number of fused-ring (bicyclic) bond motifs is 1. The van der Waals surface area contributed by atoms with E-state index in [0.29, 0.717) is 26.1 Å². The van der Waals surface area contributed by atoms with Crippen molar-refractivity contribution in [3.8, 4) is 5.75 Å². The number of nitrogens with zero attached hydrogens (tertiary/aromatic N) is 3. The van der Waals surface area contributed by atoms with Crippen LogP contribution >= 0.6 is 0 Å². The Bertz CT molecular complexity index is 1330. The minimum Gasteiger partial charge on any atom is -0.491 e. The van der Waals surface area contributed by atoms with Gasteiger partial charge in [-0.25, -0.2) is 4.98 Å². The van der Waals surface area contributed by atoms with Crippen molar-refractivity contribution in [3.05, 3.63) is 95.3 Å². The average Bonchev–Trinajstić information content (AvgIpc) is 3.40. The zero-order valence-corrected chi connectivity index (χ0v) is 20.2. The molecule has 1 amide bonds. The monoisotopic (exact) mass is 469 g/mol. The Balaban J connectivity index is 1.33. The summed E-state index contributed by atoms with van der Waals surface area (Å²) in [6.45, 7) is 5.86. The number of carbonyl (C=O) groups is 1. The predicted molar refractivity (Wildman–Crippen MR) is 136 cm³/mol. The average molecular weight is 470 g/mol. The van der Waals surface area contributed by atoms with E-state index >= 15 is 0 Å². The Morgan fingerprint density at radius 1 is 1.03 bits per heavy atom. The highest BCUT2D eigenvalue weighted by molar-refractivity contribution is 5.81. The summed E-state index contributed by atoms with van der Waals surface area (Å²) in [4.78, 5) is 19.6. The van der Waals surface area contributed by atoms with Crippen LogP contribution < -0.4 is 4.74 Å². The molecule has 2 atom stereocenters. The molecule has 2 unspecified atom stereocenters. The van der Waals surface area contributed by atoms with E-state index in [4.69, 9.17) is 9.72 Å². The molecule has 0 spiro atoms. The molecule has 6 nitrogen and oxygen atoms in total.